The minimum Gasteiger partial charge on any atom is -0.465 e. The molecule has 5 aromatic rings. The van der Waals surface area contributed by atoms with Crippen molar-refractivity contribution >= 4 is 12.0 Å². The van der Waals surface area contributed by atoms with Crippen LogP contribution in [0.3, 0.4) is 0 Å². The van der Waals surface area contributed by atoms with Gasteiger partial charge in [0.2, 0.25) is 0 Å². The number of carbonyl (C=O) groups excluding carboxylic acids is 1. The Kier molecular flexibility index (Phi) is 7.68. The summed E-state index contributed by atoms with van der Waals surface area (Å²) in [5.74, 6) is -0.232. The molecule has 6 rings (SSSR count). The number of carbonyl (C=O) groups is 1. The molecule has 0 aromatic heterocycles. The molecule has 196 valence electrons. The Morgan fingerprint density at radius 2 is 1.20 bits per heavy atom. The number of benzene rings is 5. The zero-order chi connectivity index (χ0) is 27.1. The Bertz CT molecular complexity index is 1560. The number of ether oxygens (including phenoxy) is 1. The zero-order valence-corrected chi connectivity index (χ0v) is 22.4. The summed E-state index contributed by atoms with van der Waals surface area (Å²) >= 11 is 0. The Morgan fingerprint density at radius 3 is 1.85 bits per heavy atom. The molecule has 0 amide bonds. The van der Waals surface area contributed by atoms with E-state index in [1.807, 2.05) is 36.4 Å². The summed E-state index contributed by atoms with van der Waals surface area (Å²) in [5.41, 5.74) is 9.42. The normalized spacial score (nSPS) is 13.1. The number of hydrogen-bond acceptors (Lipinski definition) is 2. The molecule has 0 N–H and O–H groups in total. The van der Waals surface area contributed by atoms with E-state index in [1.54, 1.807) is 0 Å². The van der Waals surface area contributed by atoms with Crippen molar-refractivity contribution in [2.45, 2.75) is 24.7 Å². The van der Waals surface area contributed by atoms with Crippen LogP contribution >= 0.6 is 0 Å². The highest BCUT2D eigenvalue weighted by Gasteiger charge is 2.34. The third-order valence-electron chi connectivity index (χ3n) is 7.73. The van der Waals surface area contributed by atoms with Crippen LogP contribution in [0.4, 0.5) is 0 Å². The van der Waals surface area contributed by atoms with Crippen LogP contribution in [0.1, 0.15) is 51.6 Å². The van der Waals surface area contributed by atoms with Gasteiger partial charge in [-0.2, -0.15) is 0 Å². The van der Waals surface area contributed by atoms with Crippen molar-refractivity contribution in [1.82, 2.24) is 0 Å². The van der Waals surface area contributed by atoms with Gasteiger partial charge in [-0.25, -0.2) is 0 Å². The first-order valence-corrected chi connectivity index (χ1v) is 14.0. The molecule has 40 heavy (non-hydrogen) atoms. The average molecular weight is 521 g/mol. The minimum absolute atomic E-state index is 0.180. The van der Waals surface area contributed by atoms with E-state index in [1.165, 1.54) is 16.7 Å². The molecule has 0 radical (unpaired) electrons. The second-order valence-corrected chi connectivity index (χ2v) is 10.3. The van der Waals surface area contributed by atoms with Crippen molar-refractivity contribution in [2.75, 3.05) is 6.61 Å². The fraction of sp³-hybridized carbons (Fsp3) is 0.132. The molecule has 0 fully saturated rings. The smallest absolute Gasteiger partial charge is 0.317 e. The van der Waals surface area contributed by atoms with E-state index >= 15 is 0 Å². The predicted molar refractivity (Wildman–Crippen MR) is 163 cm³/mol. The monoisotopic (exact) mass is 520 g/mol. The number of fused-ring (bicyclic) bond motifs is 3. The van der Waals surface area contributed by atoms with Gasteiger partial charge in [0.25, 0.3) is 0 Å². The average Bonchev–Trinajstić information content (AvgIpc) is 3.35. The molecule has 2 heteroatoms. The van der Waals surface area contributed by atoms with E-state index < -0.39 is 0 Å². The van der Waals surface area contributed by atoms with Crippen LogP contribution in [0, 0.1) is 0 Å². The van der Waals surface area contributed by atoms with E-state index in [-0.39, 0.29) is 11.9 Å². The third kappa shape index (κ3) is 5.53. The SMILES string of the molecule is O=C(OCC/C=C/c1ccc(C(Cc2ccccc2)c2ccccc2)cc1)C1c2ccccc2-c2ccccc21. The van der Waals surface area contributed by atoms with Crippen LogP contribution in [0.2, 0.25) is 0 Å². The summed E-state index contributed by atoms with van der Waals surface area (Å²) in [5, 5.41) is 0. The molecular weight excluding hydrogens is 488 g/mol. The molecule has 0 spiro atoms. The van der Waals surface area contributed by atoms with Crippen molar-refractivity contribution in [3.8, 4) is 11.1 Å². The van der Waals surface area contributed by atoms with Gasteiger partial charge in [-0.1, -0.05) is 146 Å². The van der Waals surface area contributed by atoms with Gasteiger partial charge >= 0.3 is 5.97 Å². The molecule has 0 saturated heterocycles. The molecule has 0 bridgehead atoms. The van der Waals surface area contributed by atoms with Crippen LogP contribution in [0.15, 0.2) is 140 Å². The van der Waals surface area contributed by atoms with Gasteiger partial charge < -0.3 is 4.74 Å². The summed E-state index contributed by atoms with van der Waals surface area (Å²) in [6, 6.07) is 46.5. The fourth-order valence-corrected chi connectivity index (χ4v) is 5.74. The highest BCUT2D eigenvalue weighted by atomic mass is 16.5. The first-order chi connectivity index (χ1) is 19.8. The second-order valence-electron chi connectivity index (χ2n) is 10.3. The Balaban J connectivity index is 1.08. The van der Waals surface area contributed by atoms with E-state index in [2.05, 4.69) is 109 Å². The lowest BCUT2D eigenvalue weighted by atomic mass is 9.85. The fourth-order valence-electron chi connectivity index (χ4n) is 5.74. The van der Waals surface area contributed by atoms with Crippen LogP contribution in [-0.4, -0.2) is 12.6 Å². The van der Waals surface area contributed by atoms with E-state index in [4.69, 9.17) is 4.74 Å². The number of hydrogen-bond donors (Lipinski definition) is 0. The lowest BCUT2D eigenvalue weighted by molar-refractivity contribution is -0.144. The summed E-state index contributed by atoms with van der Waals surface area (Å²) in [4.78, 5) is 13.1. The molecule has 0 aliphatic heterocycles. The van der Waals surface area contributed by atoms with Crippen molar-refractivity contribution in [1.29, 1.82) is 0 Å². The Morgan fingerprint density at radius 1 is 0.650 bits per heavy atom. The summed E-state index contributed by atoms with van der Waals surface area (Å²) in [6.45, 7) is 0.363. The van der Waals surface area contributed by atoms with Gasteiger partial charge in [0.15, 0.2) is 0 Å². The quantitative estimate of drug-likeness (QED) is 0.143. The summed E-state index contributed by atoms with van der Waals surface area (Å²) < 4.78 is 5.74. The van der Waals surface area contributed by atoms with Crippen LogP contribution in [-0.2, 0) is 16.0 Å². The summed E-state index contributed by atoms with van der Waals surface area (Å²) in [7, 11) is 0. The third-order valence-corrected chi connectivity index (χ3v) is 7.73. The minimum atomic E-state index is -0.350. The largest absolute Gasteiger partial charge is 0.465 e. The van der Waals surface area contributed by atoms with Gasteiger partial charge in [0.05, 0.1) is 6.61 Å². The maximum Gasteiger partial charge on any atom is 0.317 e. The zero-order valence-electron chi connectivity index (χ0n) is 22.4. The second kappa shape index (κ2) is 12.0. The molecule has 1 unspecified atom stereocenters. The first kappa shape index (κ1) is 25.6. The topological polar surface area (TPSA) is 26.3 Å². The molecule has 0 saturated carbocycles. The Hall–Kier alpha value is -4.69. The van der Waals surface area contributed by atoms with E-state index in [0.29, 0.717) is 18.9 Å². The van der Waals surface area contributed by atoms with Gasteiger partial charge in [0.1, 0.15) is 5.92 Å². The highest BCUT2D eigenvalue weighted by molar-refractivity contribution is 5.93. The molecule has 1 aliphatic rings. The standard InChI is InChI=1S/C38H32O2/c39-38(37-34-20-9-7-18-32(34)33-19-8-10-21-35(33)37)40-26-12-11-13-28-22-24-31(25-23-28)36(30-16-5-2-6-17-30)27-29-14-3-1-4-15-29/h1-11,13-25,36-37H,12,26-27H2/b13-11+. The molecular formula is C38H32O2. The van der Waals surface area contributed by atoms with Gasteiger partial charge in [-0.05, 0) is 57.3 Å². The van der Waals surface area contributed by atoms with Gasteiger partial charge in [-0.15, -0.1) is 0 Å². The number of rotatable bonds is 9. The molecule has 0 heterocycles. The van der Waals surface area contributed by atoms with E-state index in [0.717, 1.165) is 34.2 Å². The molecule has 2 nitrogen and oxygen atoms in total. The van der Waals surface area contributed by atoms with Crippen LogP contribution in [0.5, 0.6) is 0 Å². The Labute approximate surface area is 236 Å². The van der Waals surface area contributed by atoms with Crippen molar-refractivity contribution in [3.63, 3.8) is 0 Å². The summed E-state index contributed by atoms with van der Waals surface area (Å²) in [6.07, 6.45) is 5.81. The molecule has 1 atom stereocenters. The maximum atomic E-state index is 13.1. The van der Waals surface area contributed by atoms with Crippen LogP contribution in [0.25, 0.3) is 17.2 Å². The lowest BCUT2D eigenvalue weighted by Gasteiger charge is -2.18. The van der Waals surface area contributed by atoms with Crippen molar-refractivity contribution in [3.05, 3.63) is 173 Å². The lowest BCUT2D eigenvalue weighted by Crippen LogP contribution is -2.15. The highest BCUT2D eigenvalue weighted by Crippen LogP contribution is 2.45. The molecule has 5 aromatic carbocycles. The maximum absolute atomic E-state index is 13.1. The predicted octanol–water partition coefficient (Wildman–Crippen LogP) is 8.82. The van der Waals surface area contributed by atoms with E-state index in [9.17, 15) is 4.79 Å². The molecule has 1 aliphatic carbocycles. The first-order valence-electron chi connectivity index (χ1n) is 14.0. The van der Waals surface area contributed by atoms with Gasteiger partial charge in [0, 0.05) is 5.92 Å². The van der Waals surface area contributed by atoms with Crippen molar-refractivity contribution < 1.29 is 9.53 Å². The van der Waals surface area contributed by atoms with Gasteiger partial charge in [-0.3, -0.25) is 4.79 Å². The van der Waals surface area contributed by atoms with Crippen molar-refractivity contribution in [2.24, 2.45) is 0 Å². The van der Waals surface area contributed by atoms with Crippen LogP contribution < -0.4 is 0 Å². The number of esters is 1.